The van der Waals surface area contributed by atoms with Gasteiger partial charge >= 0.3 is 5.97 Å². The topological polar surface area (TPSA) is 63.8 Å². The van der Waals surface area contributed by atoms with E-state index in [1.165, 1.54) is 44.7 Å². The molecule has 0 amide bonds. The Morgan fingerprint density at radius 1 is 1.23 bits per heavy atom. The molecule has 120 valence electrons. The molecular formula is C17H24N2O3. The summed E-state index contributed by atoms with van der Waals surface area (Å²) in [5.74, 6) is -0.386. The quantitative estimate of drug-likeness (QED) is 0.669. The summed E-state index contributed by atoms with van der Waals surface area (Å²) >= 11 is 0. The first kappa shape index (κ1) is 16.3. The van der Waals surface area contributed by atoms with Gasteiger partial charge in [-0.1, -0.05) is 45.4 Å². The van der Waals surface area contributed by atoms with Crippen molar-refractivity contribution in [2.75, 3.05) is 6.61 Å². The fourth-order valence-electron chi connectivity index (χ4n) is 2.44. The lowest BCUT2D eigenvalue weighted by atomic mass is 10.1. The molecule has 5 nitrogen and oxygen atoms in total. The maximum atomic E-state index is 11.0. The molecule has 0 saturated heterocycles. The number of aromatic nitrogens is 2. The highest BCUT2D eigenvalue weighted by molar-refractivity contribution is 5.86. The number of hydrogen-bond donors (Lipinski definition) is 1. The lowest BCUT2D eigenvalue weighted by Crippen LogP contribution is -1.99. The number of aromatic carboxylic acids is 1. The highest BCUT2D eigenvalue weighted by Gasteiger charge is 2.11. The van der Waals surface area contributed by atoms with E-state index in [1.807, 2.05) is 12.1 Å². The van der Waals surface area contributed by atoms with Crippen LogP contribution in [0.5, 0.6) is 5.75 Å². The van der Waals surface area contributed by atoms with Crippen LogP contribution >= 0.6 is 0 Å². The number of imidazole rings is 1. The number of carboxylic acid groups (broad SMARTS) is 1. The zero-order valence-electron chi connectivity index (χ0n) is 13.1. The molecule has 0 spiro atoms. The van der Waals surface area contributed by atoms with Gasteiger partial charge in [-0.15, -0.1) is 0 Å². The van der Waals surface area contributed by atoms with Crippen molar-refractivity contribution < 1.29 is 14.6 Å². The van der Waals surface area contributed by atoms with Crippen LogP contribution in [0.3, 0.4) is 0 Å². The second-order valence-corrected chi connectivity index (χ2v) is 5.50. The predicted octanol–water partition coefficient (Wildman–Crippen LogP) is 4.16. The summed E-state index contributed by atoms with van der Waals surface area (Å²) in [7, 11) is 0. The monoisotopic (exact) mass is 304 g/mol. The Hall–Kier alpha value is -2.04. The largest absolute Gasteiger partial charge is 0.490 e. The molecule has 2 aromatic heterocycles. The van der Waals surface area contributed by atoms with Gasteiger partial charge in [0.1, 0.15) is 0 Å². The molecule has 2 rings (SSSR count). The fraction of sp³-hybridized carbons (Fsp3) is 0.529. The van der Waals surface area contributed by atoms with Gasteiger partial charge in [-0.3, -0.25) is 0 Å². The molecule has 0 atom stereocenters. The van der Waals surface area contributed by atoms with E-state index in [9.17, 15) is 4.79 Å². The summed E-state index contributed by atoms with van der Waals surface area (Å²) in [4.78, 5) is 15.1. The number of unbranched alkanes of at least 4 members (excludes halogenated alkanes) is 6. The second-order valence-electron chi connectivity index (χ2n) is 5.50. The molecule has 0 aliphatic carbocycles. The van der Waals surface area contributed by atoms with Crippen LogP contribution in [0, 0.1) is 0 Å². The molecule has 0 fully saturated rings. The first-order valence-corrected chi connectivity index (χ1v) is 8.06. The lowest BCUT2D eigenvalue weighted by molar-refractivity contribution is 0.0691. The van der Waals surface area contributed by atoms with E-state index < -0.39 is 5.97 Å². The van der Waals surface area contributed by atoms with Crippen molar-refractivity contribution in [1.29, 1.82) is 0 Å². The molecule has 0 aliphatic rings. The summed E-state index contributed by atoms with van der Waals surface area (Å²) in [6.45, 7) is 2.86. The fourth-order valence-corrected chi connectivity index (χ4v) is 2.44. The molecule has 22 heavy (non-hydrogen) atoms. The minimum absolute atomic E-state index is 0.0342. The van der Waals surface area contributed by atoms with Gasteiger partial charge in [0.05, 0.1) is 6.61 Å². The van der Waals surface area contributed by atoms with Crippen molar-refractivity contribution in [3.05, 3.63) is 30.2 Å². The highest BCUT2D eigenvalue weighted by Crippen LogP contribution is 2.19. The SMILES string of the molecule is CCCCCCCCCOc1cccn2cc(C(=O)O)nc12. The first-order chi connectivity index (χ1) is 10.7. The minimum atomic E-state index is -1.03. The van der Waals surface area contributed by atoms with E-state index in [0.29, 0.717) is 18.0 Å². The Balaban J connectivity index is 1.80. The van der Waals surface area contributed by atoms with Crippen molar-refractivity contribution in [2.24, 2.45) is 0 Å². The van der Waals surface area contributed by atoms with E-state index in [0.717, 1.165) is 6.42 Å². The molecular weight excluding hydrogens is 280 g/mol. The Bertz CT molecular complexity index is 607. The van der Waals surface area contributed by atoms with Gasteiger partial charge in [0.15, 0.2) is 17.1 Å². The van der Waals surface area contributed by atoms with Crippen LogP contribution in [0.1, 0.15) is 62.4 Å². The Morgan fingerprint density at radius 2 is 1.95 bits per heavy atom. The predicted molar refractivity (Wildman–Crippen MR) is 85.6 cm³/mol. The zero-order valence-corrected chi connectivity index (χ0v) is 13.1. The average Bonchev–Trinajstić information content (AvgIpc) is 2.95. The van der Waals surface area contributed by atoms with Crippen molar-refractivity contribution >= 4 is 11.6 Å². The van der Waals surface area contributed by atoms with Crippen LogP contribution in [0.2, 0.25) is 0 Å². The third kappa shape index (κ3) is 4.48. The Morgan fingerprint density at radius 3 is 2.68 bits per heavy atom. The molecule has 2 heterocycles. The van der Waals surface area contributed by atoms with Crippen molar-refractivity contribution in [3.8, 4) is 5.75 Å². The molecule has 0 bridgehead atoms. The molecule has 1 N–H and O–H groups in total. The summed E-state index contributed by atoms with van der Waals surface area (Å²) in [6.07, 6.45) is 11.9. The van der Waals surface area contributed by atoms with Crippen LogP contribution in [-0.2, 0) is 0 Å². The Kier molecular flexibility index (Phi) is 6.25. The second kappa shape index (κ2) is 8.41. The number of nitrogens with zero attached hydrogens (tertiary/aromatic N) is 2. The number of fused-ring (bicyclic) bond motifs is 1. The van der Waals surface area contributed by atoms with Crippen molar-refractivity contribution in [1.82, 2.24) is 9.38 Å². The van der Waals surface area contributed by atoms with E-state index in [4.69, 9.17) is 9.84 Å². The summed E-state index contributed by atoms with van der Waals surface area (Å²) in [5, 5.41) is 8.99. The number of rotatable bonds is 10. The zero-order chi connectivity index (χ0) is 15.8. The third-order valence-corrected chi connectivity index (χ3v) is 3.67. The van der Waals surface area contributed by atoms with Crippen molar-refractivity contribution in [2.45, 2.75) is 51.9 Å². The summed E-state index contributed by atoms with van der Waals surface area (Å²) in [5.41, 5.74) is 0.592. The molecule has 5 heteroatoms. The molecule has 0 radical (unpaired) electrons. The molecule has 0 aliphatic heterocycles. The highest BCUT2D eigenvalue weighted by atomic mass is 16.5. The van der Waals surface area contributed by atoms with Gasteiger partial charge in [0, 0.05) is 12.4 Å². The van der Waals surface area contributed by atoms with E-state index in [2.05, 4.69) is 11.9 Å². The number of ether oxygens (including phenoxy) is 1. The first-order valence-electron chi connectivity index (χ1n) is 8.06. The maximum absolute atomic E-state index is 11.0. The molecule has 0 unspecified atom stereocenters. The summed E-state index contributed by atoms with van der Waals surface area (Å²) < 4.78 is 7.45. The van der Waals surface area contributed by atoms with Gasteiger partial charge in [-0.25, -0.2) is 9.78 Å². The van der Waals surface area contributed by atoms with Crippen LogP contribution in [0.15, 0.2) is 24.5 Å². The van der Waals surface area contributed by atoms with Crippen LogP contribution in [-0.4, -0.2) is 27.1 Å². The normalized spacial score (nSPS) is 11.0. The van der Waals surface area contributed by atoms with Gasteiger partial charge in [0.2, 0.25) is 0 Å². The van der Waals surface area contributed by atoms with E-state index in [-0.39, 0.29) is 5.69 Å². The molecule has 0 aromatic carbocycles. The average molecular weight is 304 g/mol. The standard InChI is InChI=1S/C17H24N2O3/c1-2-3-4-5-6-7-8-12-22-15-10-9-11-19-13-14(17(20)21)18-16(15)19/h9-11,13H,2-8,12H2,1H3,(H,20,21). The van der Waals surface area contributed by atoms with E-state index in [1.54, 1.807) is 10.6 Å². The maximum Gasteiger partial charge on any atom is 0.356 e. The number of hydrogen-bond acceptors (Lipinski definition) is 3. The smallest absolute Gasteiger partial charge is 0.356 e. The number of pyridine rings is 1. The number of carboxylic acids is 1. The van der Waals surface area contributed by atoms with Gasteiger partial charge in [0.25, 0.3) is 0 Å². The number of carbonyl (C=O) groups is 1. The van der Waals surface area contributed by atoms with Crippen LogP contribution < -0.4 is 4.74 Å². The van der Waals surface area contributed by atoms with Crippen LogP contribution in [0.4, 0.5) is 0 Å². The third-order valence-electron chi connectivity index (χ3n) is 3.67. The van der Waals surface area contributed by atoms with Gasteiger partial charge in [-0.2, -0.15) is 0 Å². The van der Waals surface area contributed by atoms with E-state index >= 15 is 0 Å². The summed E-state index contributed by atoms with van der Waals surface area (Å²) in [6, 6.07) is 3.66. The molecule has 0 saturated carbocycles. The van der Waals surface area contributed by atoms with Gasteiger partial charge in [-0.05, 0) is 18.6 Å². The van der Waals surface area contributed by atoms with Crippen LogP contribution in [0.25, 0.3) is 5.65 Å². The lowest BCUT2D eigenvalue weighted by Gasteiger charge is -2.07. The molecule has 2 aromatic rings. The van der Waals surface area contributed by atoms with Gasteiger partial charge < -0.3 is 14.2 Å². The van der Waals surface area contributed by atoms with Crippen molar-refractivity contribution in [3.63, 3.8) is 0 Å². The minimum Gasteiger partial charge on any atom is -0.490 e. The Labute approximate surface area is 130 Å².